The number of hydrogen-bond donors (Lipinski definition) is 1. The van der Waals surface area contributed by atoms with Gasteiger partial charge in [-0.3, -0.25) is 4.79 Å². The molecular weight excluding hydrogens is 553 g/mol. The van der Waals surface area contributed by atoms with Crippen LogP contribution in [-0.2, 0) is 9.53 Å². The largest absolute Gasteiger partial charge is 0.378 e. The first-order valence-corrected chi connectivity index (χ1v) is 13.8. The minimum absolute atomic E-state index is 0.254. The van der Waals surface area contributed by atoms with Crippen LogP contribution in [0.5, 0.6) is 0 Å². The summed E-state index contributed by atoms with van der Waals surface area (Å²) >= 11 is 18.7. The summed E-state index contributed by atoms with van der Waals surface area (Å²) in [5.41, 5.74) is 5.81. The minimum atomic E-state index is -0.977. The minimum Gasteiger partial charge on any atom is -0.378 e. The van der Waals surface area contributed by atoms with Gasteiger partial charge in [-0.15, -0.1) is 0 Å². The third-order valence-electron chi connectivity index (χ3n) is 7.01. The Morgan fingerprint density at radius 1 is 1.08 bits per heavy atom. The molecule has 3 aromatic carbocycles. The highest BCUT2D eigenvalue weighted by atomic mass is 35.5. The Hall–Kier alpha value is -3.17. The number of rotatable bonds is 4. The van der Waals surface area contributed by atoms with Gasteiger partial charge in [0.2, 0.25) is 6.17 Å². The van der Waals surface area contributed by atoms with E-state index in [0.29, 0.717) is 37.7 Å². The van der Waals surface area contributed by atoms with E-state index in [1.807, 2.05) is 42.3 Å². The molecule has 2 aliphatic heterocycles. The van der Waals surface area contributed by atoms with Gasteiger partial charge in [-0.2, -0.15) is 0 Å². The van der Waals surface area contributed by atoms with Crippen LogP contribution < -0.4 is 20.0 Å². The molecule has 1 atom stereocenters. The average Bonchev–Trinajstić information content (AvgIpc) is 3.03. The predicted molar refractivity (Wildman–Crippen MR) is 164 cm³/mol. The maximum Gasteiger partial charge on any atom is 0.272 e. The van der Waals surface area contributed by atoms with E-state index in [0.717, 1.165) is 43.2 Å². The number of benzene rings is 3. The Balaban J connectivity index is 1.46. The zero-order valence-electron chi connectivity index (χ0n) is 21.9. The number of aliphatic imine (C=N–C) groups is 1. The van der Waals surface area contributed by atoms with Crippen LogP contribution in [-0.4, -0.2) is 63.3 Å². The van der Waals surface area contributed by atoms with E-state index in [-0.39, 0.29) is 5.91 Å². The summed E-state index contributed by atoms with van der Waals surface area (Å²) < 4.78 is 5.48. The highest BCUT2D eigenvalue weighted by molar-refractivity contribution is 7.80. The number of nitrogens with zero attached hydrogens (tertiary/aromatic N) is 4. The maximum atomic E-state index is 13.6. The summed E-state index contributed by atoms with van der Waals surface area (Å²) in [7, 11) is 3.60. The number of nitrogens with one attached hydrogen (secondary N) is 1. The van der Waals surface area contributed by atoms with Crippen LogP contribution in [0.2, 0.25) is 10.0 Å². The lowest BCUT2D eigenvalue weighted by Crippen LogP contribution is -2.50. The molecule has 2 aliphatic rings. The Kier molecular flexibility index (Phi) is 8.09. The fraction of sp³-hybridized carbons (Fsp3) is 0.276. The third-order valence-corrected chi connectivity index (χ3v) is 7.97. The van der Waals surface area contributed by atoms with E-state index in [1.54, 1.807) is 30.1 Å². The van der Waals surface area contributed by atoms with Crippen molar-refractivity contribution in [2.24, 2.45) is 4.99 Å². The summed E-state index contributed by atoms with van der Waals surface area (Å²) in [6.07, 6.45) is -0.977. The molecule has 0 radical (unpaired) electrons. The Morgan fingerprint density at radius 3 is 2.54 bits per heavy atom. The van der Waals surface area contributed by atoms with Crippen LogP contribution in [0.3, 0.4) is 0 Å². The molecule has 0 bridgehead atoms. The highest BCUT2D eigenvalue weighted by Crippen LogP contribution is 2.32. The Morgan fingerprint density at radius 2 is 1.82 bits per heavy atom. The molecule has 10 heteroatoms. The number of carbonyl (C=O) groups excluding carboxylic acids is 1. The fourth-order valence-electron chi connectivity index (χ4n) is 4.87. The smallest absolute Gasteiger partial charge is 0.272 e. The molecule has 39 heavy (non-hydrogen) atoms. The van der Waals surface area contributed by atoms with E-state index < -0.39 is 6.17 Å². The zero-order valence-corrected chi connectivity index (χ0v) is 24.3. The van der Waals surface area contributed by atoms with Gasteiger partial charge >= 0.3 is 0 Å². The number of hydrogen-bond acceptors (Lipinski definition) is 5. The zero-order chi connectivity index (χ0) is 27.7. The number of thiocarbonyl (C=S) groups is 1. The van der Waals surface area contributed by atoms with E-state index in [1.165, 1.54) is 0 Å². The number of likely N-dealkylation sites (N-methyl/N-ethyl adjacent to an activating group) is 1. The summed E-state index contributed by atoms with van der Waals surface area (Å²) in [5, 5.41) is 4.61. The molecule has 1 unspecified atom stereocenters. The van der Waals surface area contributed by atoms with E-state index in [4.69, 9.17) is 45.1 Å². The van der Waals surface area contributed by atoms with Gasteiger partial charge < -0.3 is 24.8 Å². The summed E-state index contributed by atoms with van der Waals surface area (Å²) in [6, 6.07) is 19.1. The van der Waals surface area contributed by atoms with Gasteiger partial charge in [-0.05, 0) is 67.2 Å². The van der Waals surface area contributed by atoms with Crippen LogP contribution in [0, 0.1) is 6.92 Å². The van der Waals surface area contributed by atoms with Gasteiger partial charge in [-0.1, -0.05) is 41.4 Å². The molecule has 0 aliphatic carbocycles. The Labute approximate surface area is 244 Å². The second-order valence-electron chi connectivity index (χ2n) is 9.50. The van der Waals surface area contributed by atoms with Crippen LogP contribution in [0.4, 0.5) is 17.1 Å². The summed E-state index contributed by atoms with van der Waals surface area (Å²) in [4.78, 5) is 24.2. The van der Waals surface area contributed by atoms with Crippen LogP contribution in [0.25, 0.3) is 0 Å². The van der Waals surface area contributed by atoms with Gasteiger partial charge in [-0.25, -0.2) is 4.99 Å². The molecule has 5 rings (SSSR count). The number of fused-ring (bicyclic) bond motifs is 1. The lowest BCUT2D eigenvalue weighted by Gasteiger charge is -2.30. The SMILES string of the molecule is Cc1cc(N2CCOCC2)ccc1N(C)C(=S)NC1N=C(c2ccccc2Cl)c2cc(Cl)ccc2N(C)C1=O. The maximum absolute atomic E-state index is 13.6. The molecule has 0 spiro atoms. The number of carbonyl (C=O) groups is 1. The molecule has 0 saturated carbocycles. The van der Waals surface area contributed by atoms with Gasteiger partial charge in [0, 0.05) is 59.7 Å². The third kappa shape index (κ3) is 5.61. The van der Waals surface area contributed by atoms with Crippen molar-refractivity contribution in [3.63, 3.8) is 0 Å². The number of halogens is 2. The topological polar surface area (TPSA) is 60.4 Å². The molecule has 1 N–H and O–H groups in total. The predicted octanol–water partition coefficient (Wildman–Crippen LogP) is 5.29. The molecule has 202 valence electrons. The number of benzodiazepines with no additional fused rings is 1. The van der Waals surface area contributed by atoms with Crippen molar-refractivity contribution in [1.29, 1.82) is 0 Å². The molecule has 1 amide bonds. The summed E-state index contributed by atoms with van der Waals surface area (Å²) in [5.74, 6) is -0.254. The van der Waals surface area contributed by atoms with Crippen molar-refractivity contribution in [3.05, 3.63) is 87.4 Å². The molecule has 7 nitrogen and oxygen atoms in total. The molecule has 3 aromatic rings. The van der Waals surface area contributed by atoms with Gasteiger partial charge in [0.05, 0.1) is 24.6 Å². The van der Waals surface area contributed by atoms with Crippen molar-refractivity contribution >= 4 is 69.2 Å². The lowest BCUT2D eigenvalue weighted by atomic mass is 10.00. The number of anilines is 3. The van der Waals surface area contributed by atoms with E-state index in [9.17, 15) is 4.79 Å². The number of amides is 1. The number of aryl methyl sites for hydroxylation is 1. The first kappa shape index (κ1) is 27.4. The van der Waals surface area contributed by atoms with Crippen molar-refractivity contribution < 1.29 is 9.53 Å². The number of morpholine rings is 1. The van der Waals surface area contributed by atoms with Gasteiger partial charge in [0.15, 0.2) is 5.11 Å². The standard InChI is InChI=1S/C29H29Cl2N5O2S/c1-18-16-20(36-12-14-38-15-13-36)9-11-24(18)35(3)29(39)33-27-28(37)34(2)25-10-8-19(30)17-22(25)26(32-27)21-6-4-5-7-23(21)31/h4-11,16-17,27H,12-15H2,1-3H3,(H,33,39). The van der Waals surface area contributed by atoms with Crippen LogP contribution in [0.1, 0.15) is 16.7 Å². The van der Waals surface area contributed by atoms with Crippen molar-refractivity contribution in [3.8, 4) is 0 Å². The molecule has 2 heterocycles. The first-order chi connectivity index (χ1) is 18.7. The quantitative estimate of drug-likeness (QED) is 0.422. The fourth-order valence-corrected chi connectivity index (χ4v) is 5.47. The van der Waals surface area contributed by atoms with E-state index in [2.05, 4.69) is 29.3 Å². The molecular formula is C29H29Cl2N5O2S. The van der Waals surface area contributed by atoms with Crippen LogP contribution in [0.15, 0.2) is 65.7 Å². The monoisotopic (exact) mass is 581 g/mol. The normalized spacial score (nSPS) is 17.3. The van der Waals surface area contributed by atoms with Crippen molar-refractivity contribution in [1.82, 2.24) is 5.32 Å². The van der Waals surface area contributed by atoms with Gasteiger partial charge in [0.25, 0.3) is 5.91 Å². The molecule has 0 aromatic heterocycles. The van der Waals surface area contributed by atoms with Crippen LogP contribution >= 0.6 is 35.4 Å². The molecule has 1 fully saturated rings. The average molecular weight is 583 g/mol. The Bertz CT molecular complexity index is 1460. The molecule has 1 saturated heterocycles. The van der Waals surface area contributed by atoms with Crippen molar-refractivity contribution in [2.45, 2.75) is 13.1 Å². The first-order valence-electron chi connectivity index (χ1n) is 12.6. The number of ether oxygens (including phenoxy) is 1. The second-order valence-corrected chi connectivity index (χ2v) is 10.7. The summed E-state index contributed by atoms with van der Waals surface area (Å²) in [6.45, 7) is 5.24. The highest BCUT2D eigenvalue weighted by Gasteiger charge is 2.32. The lowest BCUT2D eigenvalue weighted by molar-refractivity contribution is -0.119. The van der Waals surface area contributed by atoms with E-state index >= 15 is 0 Å². The van der Waals surface area contributed by atoms with Crippen molar-refractivity contribution in [2.75, 3.05) is 55.1 Å². The van der Waals surface area contributed by atoms with Gasteiger partial charge in [0.1, 0.15) is 0 Å². The second kappa shape index (κ2) is 11.5.